The van der Waals surface area contributed by atoms with Gasteiger partial charge in [0.05, 0.1) is 19.1 Å². The first kappa shape index (κ1) is 17.9. The lowest BCUT2D eigenvalue weighted by Crippen LogP contribution is -2.25. The first-order valence-corrected chi connectivity index (χ1v) is 7.06. The molecular weight excluding hydrogens is 292 g/mol. The summed E-state index contributed by atoms with van der Waals surface area (Å²) in [5, 5.41) is 2.85. The minimum atomic E-state index is -0.0300. The maximum absolute atomic E-state index is 11.8. The normalized spacial score (nSPS) is 15.3. The van der Waals surface area contributed by atoms with Gasteiger partial charge in [0.15, 0.2) is 0 Å². The van der Waals surface area contributed by atoms with Crippen LogP contribution in [0.1, 0.15) is 24.8 Å². The van der Waals surface area contributed by atoms with E-state index in [9.17, 15) is 4.79 Å². The van der Waals surface area contributed by atoms with Crippen LogP contribution in [0.2, 0.25) is 0 Å². The second-order valence-corrected chi connectivity index (χ2v) is 4.88. The number of hydrogen-bond donors (Lipinski definition) is 2. The summed E-state index contributed by atoms with van der Waals surface area (Å²) >= 11 is 0. The van der Waals surface area contributed by atoms with Crippen molar-refractivity contribution in [2.24, 2.45) is 5.73 Å². The Balaban J connectivity index is 0.00000220. The van der Waals surface area contributed by atoms with Gasteiger partial charge in [0, 0.05) is 25.4 Å². The molecule has 0 bridgehead atoms. The number of carbonyl (C=O) groups excluding carboxylic acids is 1. The molecule has 3 N–H and O–H groups in total. The van der Waals surface area contributed by atoms with Gasteiger partial charge >= 0.3 is 0 Å². The van der Waals surface area contributed by atoms with Gasteiger partial charge in [0.2, 0.25) is 5.91 Å². The van der Waals surface area contributed by atoms with Crippen LogP contribution in [-0.2, 0) is 20.8 Å². The summed E-state index contributed by atoms with van der Waals surface area (Å²) in [7, 11) is 0. The molecule has 118 valence electrons. The Morgan fingerprint density at radius 2 is 1.95 bits per heavy atom. The third-order valence-electron chi connectivity index (χ3n) is 3.32. The molecule has 0 saturated carbocycles. The summed E-state index contributed by atoms with van der Waals surface area (Å²) in [4.78, 5) is 11.8. The molecule has 0 aliphatic carbocycles. The summed E-state index contributed by atoms with van der Waals surface area (Å²) < 4.78 is 10.9. The molecule has 1 saturated heterocycles. The molecule has 6 heteroatoms. The van der Waals surface area contributed by atoms with Crippen LogP contribution in [0.25, 0.3) is 0 Å². The Kier molecular flexibility index (Phi) is 8.30. The van der Waals surface area contributed by atoms with Crippen molar-refractivity contribution in [2.45, 2.75) is 31.9 Å². The lowest BCUT2D eigenvalue weighted by atomic mass is 10.1. The highest BCUT2D eigenvalue weighted by atomic mass is 35.5. The minimum absolute atomic E-state index is 0. The molecule has 1 aliphatic rings. The lowest BCUT2D eigenvalue weighted by molar-refractivity contribution is -0.118. The zero-order valence-electron chi connectivity index (χ0n) is 12.0. The molecule has 0 radical (unpaired) electrons. The van der Waals surface area contributed by atoms with E-state index in [1.165, 1.54) is 0 Å². The average molecular weight is 315 g/mol. The van der Waals surface area contributed by atoms with Crippen molar-refractivity contribution in [3.8, 4) is 0 Å². The Morgan fingerprint density at radius 3 is 2.57 bits per heavy atom. The van der Waals surface area contributed by atoms with Crippen molar-refractivity contribution >= 4 is 24.0 Å². The van der Waals surface area contributed by atoms with Crippen molar-refractivity contribution in [3.63, 3.8) is 0 Å². The maximum atomic E-state index is 11.8. The number of carbonyl (C=O) groups is 1. The molecule has 21 heavy (non-hydrogen) atoms. The molecule has 0 spiro atoms. The number of benzene rings is 1. The topological polar surface area (TPSA) is 73.6 Å². The molecule has 1 fully saturated rings. The Bertz CT molecular complexity index is 419. The number of nitrogens with one attached hydrogen (secondary N) is 1. The van der Waals surface area contributed by atoms with E-state index in [0.29, 0.717) is 19.6 Å². The molecule has 1 amide bonds. The van der Waals surface area contributed by atoms with Crippen molar-refractivity contribution in [1.29, 1.82) is 0 Å². The molecule has 0 unspecified atom stereocenters. The highest BCUT2D eigenvalue weighted by molar-refractivity contribution is 5.90. The van der Waals surface area contributed by atoms with Crippen molar-refractivity contribution < 1.29 is 14.3 Å². The Labute approximate surface area is 131 Å². The van der Waals surface area contributed by atoms with Crippen molar-refractivity contribution in [3.05, 3.63) is 29.8 Å². The van der Waals surface area contributed by atoms with Crippen molar-refractivity contribution in [2.75, 3.05) is 25.1 Å². The highest BCUT2D eigenvalue weighted by Gasteiger charge is 2.14. The van der Waals surface area contributed by atoms with Crippen LogP contribution in [0.5, 0.6) is 0 Å². The molecule has 0 atom stereocenters. The zero-order valence-corrected chi connectivity index (χ0v) is 12.9. The van der Waals surface area contributed by atoms with Crippen LogP contribution in [-0.4, -0.2) is 31.8 Å². The lowest BCUT2D eigenvalue weighted by Gasteiger charge is -2.22. The largest absolute Gasteiger partial charge is 0.381 e. The van der Waals surface area contributed by atoms with E-state index in [0.717, 1.165) is 37.3 Å². The van der Waals surface area contributed by atoms with Gasteiger partial charge in [-0.3, -0.25) is 4.79 Å². The van der Waals surface area contributed by atoms with Crippen LogP contribution < -0.4 is 11.1 Å². The molecule has 5 nitrogen and oxygen atoms in total. The molecule has 1 aliphatic heterocycles. The van der Waals surface area contributed by atoms with Gasteiger partial charge in [-0.25, -0.2) is 0 Å². The molecule has 1 aromatic carbocycles. The maximum Gasteiger partial charge on any atom is 0.226 e. The van der Waals surface area contributed by atoms with Gasteiger partial charge in [-0.1, -0.05) is 12.1 Å². The van der Waals surface area contributed by atoms with E-state index in [1.54, 1.807) is 0 Å². The number of rotatable bonds is 6. The number of hydrogen-bond acceptors (Lipinski definition) is 4. The number of ether oxygens (including phenoxy) is 2. The minimum Gasteiger partial charge on any atom is -0.381 e. The number of amides is 1. The fraction of sp³-hybridized carbons (Fsp3) is 0.533. The standard InChI is InChI=1S/C15H22N2O3.ClH/c16-11-12-1-3-13(4-2-12)17-15(18)7-10-20-14-5-8-19-9-6-14;/h1-4,14H,5-11,16H2,(H,17,18);1H. The molecule has 2 rings (SSSR count). The summed E-state index contributed by atoms with van der Waals surface area (Å²) in [6, 6.07) is 7.54. The number of halogens is 1. The smallest absolute Gasteiger partial charge is 0.226 e. The Morgan fingerprint density at radius 1 is 1.29 bits per heavy atom. The van der Waals surface area contributed by atoms with E-state index >= 15 is 0 Å². The van der Waals surface area contributed by atoms with Gasteiger partial charge < -0.3 is 20.5 Å². The quantitative estimate of drug-likeness (QED) is 0.843. The summed E-state index contributed by atoms with van der Waals surface area (Å²) in [6.45, 7) is 2.47. The molecule has 1 heterocycles. The molecule has 1 aromatic rings. The third kappa shape index (κ3) is 6.44. The predicted octanol–water partition coefficient (Wildman–Crippen LogP) is 2.09. The number of anilines is 1. The first-order chi connectivity index (χ1) is 9.78. The fourth-order valence-corrected chi connectivity index (χ4v) is 2.11. The van der Waals surface area contributed by atoms with Crippen molar-refractivity contribution in [1.82, 2.24) is 0 Å². The van der Waals surface area contributed by atoms with E-state index in [-0.39, 0.29) is 24.4 Å². The monoisotopic (exact) mass is 314 g/mol. The van der Waals surface area contributed by atoms with Gasteiger partial charge in [-0.2, -0.15) is 0 Å². The summed E-state index contributed by atoms with van der Waals surface area (Å²) in [5.41, 5.74) is 7.36. The highest BCUT2D eigenvalue weighted by Crippen LogP contribution is 2.12. The van der Waals surface area contributed by atoms with E-state index < -0.39 is 0 Å². The second-order valence-electron chi connectivity index (χ2n) is 4.88. The van der Waals surface area contributed by atoms with Crippen LogP contribution in [0.3, 0.4) is 0 Å². The van der Waals surface area contributed by atoms with E-state index in [2.05, 4.69) is 5.32 Å². The number of nitrogens with two attached hydrogens (primary N) is 1. The zero-order chi connectivity index (χ0) is 14.2. The summed E-state index contributed by atoms with van der Waals surface area (Å²) in [6.07, 6.45) is 2.45. The summed E-state index contributed by atoms with van der Waals surface area (Å²) in [5.74, 6) is -0.0300. The second kappa shape index (κ2) is 9.73. The predicted molar refractivity (Wildman–Crippen MR) is 84.6 cm³/mol. The van der Waals surface area contributed by atoms with Crippen LogP contribution in [0, 0.1) is 0 Å². The van der Waals surface area contributed by atoms with Gasteiger partial charge in [0.1, 0.15) is 0 Å². The van der Waals surface area contributed by atoms with Gasteiger partial charge in [-0.05, 0) is 30.5 Å². The fourth-order valence-electron chi connectivity index (χ4n) is 2.11. The molecule has 0 aromatic heterocycles. The van der Waals surface area contributed by atoms with E-state index in [1.807, 2.05) is 24.3 Å². The average Bonchev–Trinajstić information content (AvgIpc) is 2.49. The molecular formula is C15H23ClN2O3. The van der Waals surface area contributed by atoms with Crippen LogP contribution >= 0.6 is 12.4 Å². The van der Waals surface area contributed by atoms with Crippen LogP contribution in [0.15, 0.2) is 24.3 Å². The third-order valence-corrected chi connectivity index (χ3v) is 3.32. The van der Waals surface area contributed by atoms with E-state index in [4.69, 9.17) is 15.2 Å². The first-order valence-electron chi connectivity index (χ1n) is 7.06. The SMILES string of the molecule is Cl.NCc1ccc(NC(=O)CCOC2CCOCC2)cc1. The van der Waals surface area contributed by atoms with Gasteiger partial charge in [-0.15, -0.1) is 12.4 Å². The Hall–Kier alpha value is -1.14. The van der Waals surface area contributed by atoms with Crippen LogP contribution in [0.4, 0.5) is 5.69 Å². The van der Waals surface area contributed by atoms with Gasteiger partial charge in [0.25, 0.3) is 0 Å².